The fourth-order valence-corrected chi connectivity index (χ4v) is 5.67. The Balaban J connectivity index is 0.000000369. The molecule has 2 N–H and O–H groups in total. The SMILES string of the molecule is CN(C)CCCN(C)Cc1ccc(C(=O)NC2c3cc4c(cc3CCC2COC=O)OCO4)cc1.COc1cccc(OC)c1O. The fraction of sp³-hybridized carbons (Fsp3) is 0.429. The van der Waals surface area contributed by atoms with Crippen molar-refractivity contribution in [2.75, 3.05) is 61.9 Å². The van der Waals surface area contributed by atoms with E-state index in [1.54, 1.807) is 18.2 Å². The van der Waals surface area contributed by atoms with Crippen LogP contribution in [-0.2, 0) is 22.5 Å². The zero-order chi connectivity index (χ0) is 33.1. The molecule has 0 fully saturated rings. The van der Waals surface area contributed by atoms with Gasteiger partial charge >= 0.3 is 0 Å². The highest BCUT2D eigenvalue weighted by Gasteiger charge is 2.33. The maximum atomic E-state index is 13.2. The summed E-state index contributed by atoms with van der Waals surface area (Å²) in [6.07, 6.45) is 2.73. The van der Waals surface area contributed by atoms with Gasteiger partial charge in [-0.05, 0) is 107 Å². The second kappa shape index (κ2) is 16.7. The van der Waals surface area contributed by atoms with Crippen molar-refractivity contribution in [2.45, 2.75) is 31.8 Å². The minimum Gasteiger partial charge on any atom is -0.502 e. The van der Waals surface area contributed by atoms with Gasteiger partial charge in [0.1, 0.15) is 0 Å². The first-order valence-corrected chi connectivity index (χ1v) is 15.3. The third-order valence-corrected chi connectivity index (χ3v) is 8.11. The number of aryl methyl sites for hydroxylation is 1. The van der Waals surface area contributed by atoms with Gasteiger partial charge < -0.3 is 43.9 Å². The second-order valence-corrected chi connectivity index (χ2v) is 11.7. The second-order valence-electron chi connectivity index (χ2n) is 11.7. The van der Waals surface area contributed by atoms with Crippen LogP contribution >= 0.6 is 0 Å². The van der Waals surface area contributed by atoms with Crippen molar-refractivity contribution in [3.8, 4) is 28.7 Å². The van der Waals surface area contributed by atoms with Crippen molar-refractivity contribution in [2.24, 2.45) is 5.92 Å². The van der Waals surface area contributed by atoms with E-state index in [0.717, 1.165) is 55.8 Å². The van der Waals surface area contributed by atoms with E-state index < -0.39 is 0 Å². The van der Waals surface area contributed by atoms with E-state index in [-0.39, 0.29) is 37.0 Å². The number of rotatable bonds is 13. The van der Waals surface area contributed by atoms with Crippen LogP contribution in [0.25, 0.3) is 0 Å². The summed E-state index contributed by atoms with van der Waals surface area (Å²) in [5, 5.41) is 12.5. The minimum atomic E-state index is -0.289. The number of ether oxygens (including phenoxy) is 5. The van der Waals surface area contributed by atoms with Gasteiger partial charge in [0.25, 0.3) is 12.4 Å². The van der Waals surface area contributed by atoms with Gasteiger partial charge in [-0.1, -0.05) is 18.2 Å². The van der Waals surface area contributed by atoms with Gasteiger partial charge in [-0.25, -0.2) is 0 Å². The molecule has 0 aromatic heterocycles. The summed E-state index contributed by atoms with van der Waals surface area (Å²) >= 11 is 0. The van der Waals surface area contributed by atoms with Crippen LogP contribution in [-0.4, -0.2) is 89.1 Å². The Morgan fingerprint density at radius 2 is 1.67 bits per heavy atom. The number of methoxy groups -OCH3 is 2. The molecule has 3 aromatic rings. The largest absolute Gasteiger partial charge is 0.502 e. The Hall–Kier alpha value is -4.48. The number of phenols is 1. The summed E-state index contributed by atoms with van der Waals surface area (Å²) in [6.45, 7) is 3.83. The van der Waals surface area contributed by atoms with Crippen molar-refractivity contribution in [1.82, 2.24) is 15.1 Å². The molecule has 0 radical (unpaired) electrons. The first-order chi connectivity index (χ1) is 22.2. The van der Waals surface area contributed by atoms with E-state index >= 15 is 0 Å². The van der Waals surface area contributed by atoms with E-state index in [0.29, 0.717) is 29.3 Å². The molecule has 248 valence electrons. The van der Waals surface area contributed by atoms with Gasteiger partial charge in [-0.15, -0.1) is 0 Å². The van der Waals surface area contributed by atoms with Crippen LogP contribution in [0.1, 0.15) is 45.9 Å². The lowest BCUT2D eigenvalue weighted by atomic mass is 9.79. The molecule has 1 heterocycles. The smallest absolute Gasteiger partial charge is 0.293 e. The standard InChI is InChI=1S/C27H35N3O5.C8H10O3/c1-29(2)11-4-12-30(3)15-19-5-7-20(8-6-19)27(32)28-26-22(16-33-17-31)10-9-21-13-24-25(14-23(21)26)35-18-34-24;1-10-6-4-3-5-7(11-2)8(6)9/h5-8,13-14,17,22,26H,4,9-12,15-16,18H2,1-3H3,(H,28,32);3-5,9H,1-2H3. The van der Waals surface area contributed by atoms with Gasteiger partial charge in [0.15, 0.2) is 23.0 Å². The predicted octanol–water partition coefficient (Wildman–Crippen LogP) is 4.41. The molecule has 5 rings (SSSR count). The van der Waals surface area contributed by atoms with Gasteiger partial charge in [0.2, 0.25) is 12.5 Å². The molecule has 2 unspecified atom stereocenters. The number of nitrogens with one attached hydrogen (secondary N) is 1. The van der Waals surface area contributed by atoms with Crippen LogP contribution < -0.4 is 24.3 Å². The van der Waals surface area contributed by atoms with Crippen molar-refractivity contribution in [3.63, 3.8) is 0 Å². The Bertz CT molecular complexity index is 1420. The average molecular weight is 636 g/mol. The van der Waals surface area contributed by atoms with Gasteiger partial charge in [0.05, 0.1) is 26.9 Å². The molecule has 46 heavy (non-hydrogen) atoms. The number of benzene rings is 3. The molecule has 1 amide bonds. The summed E-state index contributed by atoms with van der Waals surface area (Å²) in [5.41, 5.74) is 3.88. The van der Waals surface area contributed by atoms with E-state index in [1.165, 1.54) is 19.8 Å². The molecule has 0 bridgehead atoms. The average Bonchev–Trinajstić information content (AvgIpc) is 3.51. The van der Waals surface area contributed by atoms with E-state index in [2.05, 4.69) is 36.3 Å². The molecule has 3 aromatic carbocycles. The highest BCUT2D eigenvalue weighted by atomic mass is 16.7. The molecule has 1 aliphatic heterocycles. The zero-order valence-corrected chi connectivity index (χ0v) is 27.3. The third kappa shape index (κ3) is 9.04. The summed E-state index contributed by atoms with van der Waals surface area (Å²) in [5.74, 6) is 2.12. The van der Waals surface area contributed by atoms with Crippen molar-refractivity contribution in [3.05, 3.63) is 76.9 Å². The Kier molecular flexibility index (Phi) is 12.5. The first-order valence-electron chi connectivity index (χ1n) is 15.3. The molecule has 0 saturated carbocycles. The van der Waals surface area contributed by atoms with Crippen molar-refractivity contribution in [1.29, 1.82) is 0 Å². The zero-order valence-electron chi connectivity index (χ0n) is 27.3. The van der Waals surface area contributed by atoms with E-state index in [4.69, 9.17) is 23.7 Å². The van der Waals surface area contributed by atoms with E-state index in [9.17, 15) is 14.7 Å². The molecule has 0 spiro atoms. The molecular weight excluding hydrogens is 590 g/mol. The lowest BCUT2D eigenvalue weighted by Crippen LogP contribution is -2.38. The van der Waals surface area contributed by atoms with Gasteiger partial charge in [0, 0.05) is 18.0 Å². The highest BCUT2D eigenvalue weighted by Crippen LogP contribution is 2.42. The fourth-order valence-electron chi connectivity index (χ4n) is 5.67. The van der Waals surface area contributed by atoms with Crippen LogP contribution in [0.5, 0.6) is 28.7 Å². The number of aromatic hydroxyl groups is 1. The number of hydrogen-bond donors (Lipinski definition) is 2. The maximum absolute atomic E-state index is 13.2. The number of fused-ring (bicyclic) bond motifs is 2. The number of carbonyl (C=O) groups excluding carboxylic acids is 2. The maximum Gasteiger partial charge on any atom is 0.293 e. The van der Waals surface area contributed by atoms with Crippen molar-refractivity contribution >= 4 is 12.4 Å². The van der Waals surface area contributed by atoms with Crippen LogP contribution in [0.4, 0.5) is 0 Å². The van der Waals surface area contributed by atoms with Crippen LogP contribution in [0.3, 0.4) is 0 Å². The van der Waals surface area contributed by atoms with Gasteiger partial charge in [-0.2, -0.15) is 0 Å². The monoisotopic (exact) mass is 635 g/mol. The Morgan fingerprint density at radius 3 is 2.30 bits per heavy atom. The number of hydrogen-bond acceptors (Lipinski definition) is 10. The molecule has 0 saturated heterocycles. The van der Waals surface area contributed by atoms with Crippen LogP contribution in [0.2, 0.25) is 0 Å². The number of nitrogens with zero attached hydrogens (tertiary/aromatic N) is 2. The number of phenolic OH excluding ortho intramolecular Hbond substituents is 1. The normalized spacial score (nSPS) is 16.2. The third-order valence-electron chi connectivity index (χ3n) is 8.11. The molecule has 2 atom stereocenters. The number of carbonyl (C=O) groups is 2. The lowest BCUT2D eigenvalue weighted by molar-refractivity contribution is -0.130. The van der Waals surface area contributed by atoms with Crippen LogP contribution in [0, 0.1) is 5.92 Å². The molecule has 2 aliphatic rings. The summed E-state index contributed by atoms with van der Waals surface area (Å²) < 4.78 is 25.9. The Morgan fingerprint density at radius 1 is 1.00 bits per heavy atom. The first kappa shape index (κ1) is 34.4. The molecule has 1 aliphatic carbocycles. The van der Waals surface area contributed by atoms with Crippen molar-refractivity contribution < 1.29 is 38.4 Å². The number of amides is 1. The highest BCUT2D eigenvalue weighted by molar-refractivity contribution is 5.94. The molecule has 11 nitrogen and oxygen atoms in total. The summed E-state index contributed by atoms with van der Waals surface area (Å²) in [4.78, 5) is 28.5. The minimum absolute atomic E-state index is 0.0212. The molecular formula is C35H45N3O8. The van der Waals surface area contributed by atoms with Crippen LogP contribution in [0.15, 0.2) is 54.6 Å². The van der Waals surface area contributed by atoms with E-state index in [1.807, 2.05) is 36.4 Å². The predicted molar refractivity (Wildman–Crippen MR) is 174 cm³/mol. The lowest BCUT2D eigenvalue weighted by Gasteiger charge is -2.34. The Labute approximate surface area is 270 Å². The number of para-hydroxylation sites is 1. The quantitative estimate of drug-likeness (QED) is 0.262. The summed E-state index contributed by atoms with van der Waals surface area (Å²) in [7, 11) is 9.27. The van der Waals surface area contributed by atoms with Gasteiger partial charge in [-0.3, -0.25) is 9.59 Å². The summed E-state index contributed by atoms with van der Waals surface area (Å²) in [6, 6.07) is 16.5. The molecule has 11 heteroatoms. The topological polar surface area (TPSA) is 119 Å².